The standard InChI is InChI=1S/C10H8ClF2IO/c11-4-3-9(15)7-2-1-6(14)5-8(7)10(12)13/h1-2,5,10H,3-4H2. The molecule has 0 aromatic heterocycles. The Morgan fingerprint density at radius 3 is 2.67 bits per heavy atom. The quantitative estimate of drug-likeness (QED) is 0.458. The molecule has 0 saturated heterocycles. The van der Waals surface area contributed by atoms with Crippen LogP contribution < -0.4 is 0 Å². The molecule has 0 heterocycles. The molecule has 0 aliphatic heterocycles. The Hall–Kier alpha value is -0.230. The van der Waals surface area contributed by atoms with E-state index in [-0.39, 0.29) is 29.2 Å². The highest BCUT2D eigenvalue weighted by atomic mass is 127. The molecule has 1 rings (SSSR count). The second-order valence-electron chi connectivity index (χ2n) is 2.89. The van der Waals surface area contributed by atoms with Crippen molar-refractivity contribution >= 4 is 40.0 Å². The third-order valence-electron chi connectivity index (χ3n) is 1.87. The van der Waals surface area contributed by atoms with Crippen LogP contribution in [0.1, 0.15) is 28.8 Å². The highest BCUT2D eigenvalue weighted by Gasteiger charge is 2.17. The summed E-state index contributed by atoms with van der Waals surface area (Å²) in [6.45, 7) is 0. The lowest BCUT2D eigenvalue weighted by molar-refractivity contribution is 0.0975. The maximum atomic E-state index is 12.6. The van der Waals surface area contributed by atoms with Crippen molar-refractivity contribution in [1.29, 1.82) is 0 Å². The van der Waals surface area contributed by atoms with Crippen LogP contribution in [0.5, 0.6) is 0 Å². The molecular weight excluding hydrogens is 336 g/mol. The number of halogens is 4. The van der Waals surface area contributed by atoms with E-state index >= 15 is 0 Å². The monoisotopic (exact) mass is 344 g/mol. The Kier molecular flexibility index (Phi) is 4.92. The van der Waals surface area contributed by atoms with Crippen LogP contribution in [0.15, 0.2) is 18.2 Å². The Bertz CT molecular complexity index is 368. The molecular formula is C10H8ClF2IO. The largest absolute Gasteiger partial charge is 0.294 e. The van der Waals surface area contributed by atoms with Crippen molar-refractivity contribution in [2.45, 2.75) is 12.8 Å². The lowest BCUT2D eigenvalue weighted by atomic mass is 10.0. The van der Waals surface area contributed by atoms with Gasteiger partial charge >= 0.3 is 0 Å². The minimum Gasteiger partial charge on any atom is -0.294 e. The first-order valence-corrected chi connectivity index (χ1v) is 5.84. The van der Waals surface area contributed by atoms with Crippen molar-refractivity contribution in [1.82, 2.24) is 0 Å². The van der Waals surface area contributed by atoms with E-state index in [1.54, 1.807) is 6.07 Å². The van der Waals surface area contributed by atoms with Gasteiger partial charge in [0.15, 0.2) is 5.78 Å². The van der Waals surface area contributed by atoms with E-state index in [0.717, 1.165) is 0 Å². The number of carbonyl (C=O) groups is 1. The van der Waals surface area contributed by atoms with Crippen LogP contribution >= 0.6 is 34.2 Å². The van der Waals surface area contributed by atoms with Gasteiger partial charge in [-0.05, 0) is 40.8 Å². The van der Waals surface area contributed by atoms with Gasteiger partial charge in [-0.2, -0.15) is 0 Å². The average molecular weight is 345 g/mol. The molecule has 1 nitrogen and oxygen atoms in total. The number of hydrogen-bond donors (Lipinski definition) is 0. The predicted molar refractivity (Wildman–Crippen MR) is 63.8 cm³/mol. The van der Waals surface area contributed by atoms with Crippen LogP contribution in [0.3, 0.4) is 0 Å². The maximum Gasteiger partial charge on any atom is 0.264 e. The van der Waals surface area contributed by atoms with Crippen LogP contribution in [-0.4, -0.2) is 11.7 Å². The van der Waals surface area contributed by atoms with E-state index in [4.69, 9.17) is 11.6 Å². The number of Topliss-reactive ketones (excluding diaryl/α,β-unsaturated/α-hetero) is 1. The number of ketones is 1. The van der Waals surface area contributed by atoms with Crippen molar-refractivity contribution in [3.8, 4) is 0 Å². The number of carbonyl (C=O) groups excluding carboxylic acids is 1. The summed E-state index contributed by atoms with van der Waals surface area (Å²) in [5, 5.41) is 0. The lowest BCUT2D eigenvalue weighted by Gasteiger charge is -2.07. The van der Waals surface area contributed by atoms with Crippen LogP contribution in [0.25, 0.3) is 0 Å². The van der Waals surface area contributed by atoms with E-state index in [1.165, 1.54) is 12.1 Å². The molecule has 0 amide bonds. The van der Waals surface area contributed by atoms with Crippen molar-refractivity contribution in [2.24, 2.45) is 0 Å². The van der Waals surface area contributed by atoms with E-state index in [0.29, 0.717) is 3.57 Å². The maximum absolute atomic E-state index is 12.6. The highest BCUT2D eigenvalue weighted by Crippen LogP contribution is 2.25. The molecule has 0 saturated carbocycles. The first-order chi connectivity index (χ1) is 7.06. The Morgan fingerprint density at radius 1 is 1.47 bits per heavy atom. The predicted octanol–water partition coefficient (Wildman–Crippen LogP) is 4.04. The van der Waals surface area contributed by atoms with E-state index < -0.39 is 6.43 Å². The second-order valence-corrected chi connectivity index (χ2v) is 4.52. The SMILES string of the molecule is O=C(CCCl)c1ccc(I)cc1C(F)F. The normalized spacial score (nSPS) is 10.7. The lowest BCUT2D eigenvalue weighted by Crippen LogP contribution is -2.05. The number of benzene rings is 1. The van der Waals surface area contributed by atoms with E-state index in [2.05, 4.69) is 0 Å². The topological polar surface area (TPSA) is 17.1 Å². The third-order valence-corrected chi connectivity index (χ3v) is 2.73. The van der Waals surface area contributed by atoms with Crippen LogP contribution in [0.4, 0.5) is 8.78 Å². The molecule has 0 aliphatic rings. The minimum atomic E-state index is -2.63. The molecule has 0 spiro atoms. The highest BCUT2D eigenvalue weighted by molar-refractivity contribution is 14.1. The zero-order chi connectivity index (χ0) is 11.4. The molecule has 1 aromatic carbocycles. The Morgan fingerprint density at radius 2 is 2.13 bits per heavy atom. The summed E-state index contributed by atoms with van der Waals surface area (Å²) in [7, 11) is 0. The molecule has 15 heavy (non-hydrogen) atoms. The summed E-state index contributed by atoms with van der Waals surface area (Å²) in [5.74, 6) is -0.190. The smallest absolute Gasteiger partial charge is 0.264 e. The van der Waals surface area contributed by atoms with Gasteiger partial charge in [-0.1, -0.05) is 0 Å². The first kappa shape index (κ1) is 12.8. The van der Waals surface area contributed by atoms with Crippen molar-refractivity contribution in [2.75, 3.05) is 5.88 Å². The summed E-state index contributed by atoms with van der Waals surface area (Å²) in [6.07, 6.45) is -2.55. The van der Waals surface area contributed by atoms with Crippen LogP contribution in [0.2, 0.25) is 0 Å². The van der Waals surface area contributed by atoms with Gasteiger partial charge in [-0.3, -0.25) is 4.79 Å². The van der Waals surface area contributed by atoms with E-state index in [1.807, 2.05) is 22.6 Å². The molecule has 5 heteroatoms. The summed E-state index contributed by atoms with van der Waals surface area (Å²) in [6, 6.07) is 4.39. The fourth-order valence-corrected chi connectivity index (χ4v) is 1.88. The average Bonchev–Trinajstić information content (AvgIpc) is 2.17. The molecule has 0 fully saturated rings. The fourth-order valence-electron chi connectivity index (χ4n) is 1.19. The summed E-state index contributed by atoms with van der Waals surface area (Å²) < 4.78 is 25.9. The molecule has 0 atom stereocenters. The second kappa shape index (κ2) is 5.75. The number of hydrogen-bond acceptors (Lipinski definition) is 1. The number of alkyl halides is 3. The van der Waals surface area contributed by atoms with Gasteiger partial charge in [0, 0.05) is 27.0 Å². The summed E-state index contributed by atoms with van der Waals surface area (Å²) >= 11 is 7.33. The summed E-state index contributed by atoms with van der Waals surface area (Å²) in [4.78, 5) is 11.5. The van der Waals surface area contributed by atoms with Gasteiger partial charge in [0.2, 0.25) is 0 Å². The van der Waals surface area contributed by atoms with Crippen LogP contribution in [0, 0.1) is 3.57 Å². The zero-order valence-corrected chi connectivity index (χ0v) is 10.6. The Labute approximate surface area is 105 Å². The molecule has 0 unspecified atom stereocenters. The zero-order valence-electron chi connectivity index (χ0n) is 7.64. The number of rotatable bonds is 4. The van der Waals surface area contributed by atoms with E-state index in [9.17, 15) is 13.6 Å². The molecule has 0 bridgehead atoms. The van der Waals surface area contributed by atoms with Crippen molar-refractivity contribution < 1.29 is 13.6 Å². The van der Waals surface area contributed by atoms with Crippen molar-refractivity contribution in [3.63, 3.8) is 0 Å². The van der Waals surface area contributed by atoms with Crippen LogP contribution in [-0.2, 0) is 0 Å². The third kappa shape index (κ3) is 3.38. The molecule has 0 aliphatic carbocycles. The van der Waals surface area contributed by atoms with Crippen molar-refractivity contribution in [3.05, 3.63) is 32.9 Å². The van der Waals surface area contributed by atoms with Gasteiger partial charge < -0.3 is 0 Å². The van der Waals surface area contributed by atoms with Gasteiger partial charge in [-0.15, -0.1) is 11.6 Å². The minimum absolute atomic E-state index is 0.0751. The summed E-state index contributed by atoms with van der Waals surface area (Å²) in [5.41, 5.74) is -0.136. The molecule has 1 aromatic rings. The fraction of sp³-hybridized carbons (Fsp3) is 0.300. The van der Waals surface area contributed by atoms with Gasteiger partial charge in [0.25, 0.3) is 6.43 Å². The Balaban J connectivity index is 3.11. The van der Waals surface area contributed by atoms with Gasteiger partial charge in [-0.25, -0.2) is 8.78 Å². The molecule has 0 radical (unpaired) electrons. The van der Waals surface area contributed by atoms with Gasteiger partial charge in [0.1, 0.15) is 0 Å². The van der Waals surface area contributed by atoms with Gasteiger partial charge in [0.05, 0.1) is 0 Å². The first-order valence-electron chi connectivity index (χ1n) is 4.23. The molecule has 0 N–H and O–H groups in total. The molecule has 82 valence electrons.